The first-order valence-electron chi connectivity index (χ1n) is 12.3. The number of rotatable bonds is 11. The predicted molar refractivity (Wildman–Crippen MR) is 144 cm³/mol. The fraction of sp³-hybridized carbons (Fsp3) is 0.379. The molecule has 2 aromatic carbocycles. The highest BCUT2D eigenvalue weighted by Gasteiger charge is 2.25. The molecule has 1 atom stereocenters. The van der Waals surface area contributed by atoms with Crippen LogP contribution in [0.2, 0.25) is 0 Å². The van der Waals surface area contributed by atoms with Crippen molar-refractivity contribution in [2.75, 3.05) is 33.0 Å². The summed E-state index contributed by atoms with van der Waals surface area (Å²) in [5.41, 5.74) is 6.39. The summed E-state index contributed by atoms with van der Waals surface area (Å²) < 4.78 is 12.0. The molecule has 2 heterocycles. The van der Waals surface area contributed by atoms with Crippen LogP contribution in [0.1, 0.15) is 41.0 Å². The van der Waals surface area contributed by atoms with Crippen molar-refractivity contribution >= 4 is 17.7 Å². The number of fused-ring (bicyclic) bond motifs is 1. The molecule has 1 unspecified atom stereocenters. The average molecular weight is 507 g/mol. The van der Waals surface area contributed by atoms with Gasteiger partial charge in [-0.2, -0.15) is 0 Å². The third-order valence-electron chi connectivity index (χ3n) is 6.27. The van der Waals surface area contributed by atoms with Crippen LogP contribution in [0.4, 0.5) is 0 Å². The number of hydrogen-bond donors (Lipinski definition) is 1. The van der Waals surface area contributed by atoms with Crippen LogP contribution in [-0.2, 0) is 11.4 Å². The number of aromatic nitrogens is 1. The minimum Gasteiger partial charge on any atom is -0.494 e. The highest BCUT2D eigenvalue weighted by molar-refractivity contribution is 7.99. The number of pyridine rings is 1. The second-order valence-electron chi connectivity index (χ2n) is 9.57. The van der Waals surface area contributed by atoms with Gasteiger partial charge in [0.15, 0.2) is 0 Å². The molecule has 0 saturated heterocycles. The Morgan fingerprint density at radius 2 is 1.89 bits per heavy atom. The third-order valence-corrected chi connectivity index (χ3v) is 7.50. The monoisotopic (exact) mass is 506 g/mol. The van der Waals surface area contributed by atoms with Gasteiger partial charge in [0, 0.05) is 34.7 Å². The molecule has 0 bridgehead atoms. The summed E-state index contributed by atoms with van der Waals surface area (Å²) in [5.74, 6) is 1.61. The van der Waals surface area contributed by atoms with Gasteiger partial charge in [-0.3, -0.25) is 4.79 Å². The lowest BCUT2D eigenvalue weighted by Gasteiger charge is -2.15. The maximum atomic E-state index is 11.1. The van der Waals surface area contributed by atoms with E-state index in [1.54, 1.807) is 11.8 Å². The molecule has 0 fully saturated rings. The van der Waals surface area contributed by atoms with Crippen molar-refractivity contribution in [3.63, 3.8) is 0 Å². The zero-order valence-electron chi connectivity index (χ0n) is 21.4. The van der Waals surface area contributed by atoms with E-state index >= 15 is 0 Å². The lowest BCUT2D eigenvalue weighted by Crippen LogP contribution is -2.15. The molecule has 1 N–H and O–H groups in total. The molecular formula is C29H34N2O4S. The molecule has 0 spiro atoms. The Balaban J connectivity index is 1.42. The van der Waals surface area contributed by atoms with E-state index in [-0.39, 0.29) is 12.3 Å². The maximum Gasteiger partial charge on any atom is 0.303 e. The van der Waals surface area contributed by atoms with Gasteiger partial charge in [-0.25, -0.2) is 4.98 Å². The van der Waals surface area contributed by atoms with Gasteiger partial charge in [0.25, 0.3) is 0 Å². The number of ether oxygens (including phenoxy) is 2. The number of benzene rings is 2. The summed E-state index contributed by atoms with van der Waals surface area (Å²) in [6.07, 6.45) is 1.16. The maximum absolute atomic E-state index is 11.1. The van der Waals surface area contributed by atoms with Gasteiger partial charge < -0.3 is 19.5 Å². The summed E-state index contributed by atoms with van der Waals surface area (Å²) in [5, 5.41) is 9.13. The van der Waals surface area contributed by atoms with Crippen molar-refractivity contribution in [1.82, 2.24) is 9.88 Å². The van der Waals surface area contributed by atoms with Crippen LogP contribution in [0.15, 0.2) is 53.4 Å². The zero-order chi connectivity index (χ0) is 25.7. The molecule has 1 aliphatic rings. The number of carbonyl (C=O) groups is 1. The number of aliphatic carboxylic acids is 1. The summed E-state index contributed by atoms with van der Waals surface area (Å²) >= 11 is 1.72. The molecular weight excluding hydrogens is 472 g/mol. The Kier molecular flexibility index (Phi) is 8.54. The van der Waals surface area contributed by atoms with Crippen LogP contribution in [0, 0.1) is 13.8 Å². The van der Waals surface area contributed by atoms with Crippen LogP contribution in [0.5, 0.6) is 11.6 Å². The van der Waals surface area contributed by atoms with Gasteiger partial charge >= 0.3 is 5.97 Å². The first-order valence-corrected chi connectivity index (χ1v) is 13.2. The van der Waals surface area contributed by atoms with Crippen LogP contribution < -0.4 is 9.47 Å². The molecule has 3 aromatic rings. The molecule has 4 rings (SSSR count). The van der Waals surface area contributed by atoms with Crippen molar-refractivity contribution < 1.29 is 19.4 Å². The van der Waals surface area contributed by atoms with Gasteiger partial charge in [-0.1, -0.05) is 18.2 Å². The fourth-order valence-electron chi connectivity index (χ4n) is 4.56. The lowest BCUT2D eigenvalue weighted by atomic mass is 9.97. The molecule has 7 heteroatoms. The smallest absolute Gasteiger partial charge is 0.303 e. The van der Waals surface area contributed by atoms with E-state index in [1.165, 1.54) is 0 Å². The molecule has 0 radical (unpaired) electrons. The van der Waals surface area contributed by atoms with E-state index in [0.717, 1.165) is 62.9 Å². The predicted octanol–water partition coefficient (Wildman–Crippen LogP) is 5.94. The van der Waals surface area contributed by atoms with E-state index in [2.05, 4.69) is 51.0 Å². The van der Waals surface area contributed by atoms with Gasteiger partial charge in [-0.05, 0) is 80.9 Å². The summed E-state index contributed by atoms with van der Waals surface area (Å²) in [6.45, 7) is 6.28. The zero-order valence-corrected chi connectivity index (χ0v) is 22.2. The van der Waals surface area contributed by atoms with E-state index in [4.69, 9.17) is 19.6 Å². The van der Waals surface area contributed by atoms with E-state index < -0.39 is 5.97 Å². The van der Waals surface area contributed by atoms with Crippen molar-refractivity contribution in [2.45, 2.75) is 44.1 Å². The average Bonchev–Trinajstić information content (AvgIpc) is 3.21. The second-order valence-corrected chi connectivity index (χ2v) is 10.6. The highest BCUT2D eigenvalue weighted by atomic mass is 32.2. The molecule has 0 aliphatic carbocycles. The second kappa shape index (κ2) is 11.8. The number of carboxylic acids is 1. The van der Waals surface area contributed by atoms with Gasteiger partial charge in [0.05, 0.1) is 18.7 Å². The number of thioether (sulfide) groups is 1. The number of carboxylic acid groups (broad SMARTS) is 1. The van der Waals surface area contributed by atoms with Gasteiger partial charge in [-0.15, -0.1) is 11.8 Å². The molecule has 0 saturated carbocycles. The molecule has 6 nitrogen and oxygen atoms in total. The summed E-state index contributed by atoms with van der Waals surface area (Å²) in [6, 6.07) is 16.2. The van der Waals surface area contributed by atoms with Crippen molar-refractivity contribution in [2.24, 2.45) is 0 Å². The number of aryl methyl sites for hydroxylation is 2. The Morgan fingerprint density at radius 1 is 1.11 bits per heavy atom. The summed E-state index contributed by atoms with van der Waals surface area (Å²) in [4.78, 5) is 19.2. The van der Waals surface area contributed by atoms with E-state index in [0.29, 0.717) is 19.1 Å². The Labute approximate surface area is 217 Å². The van der Waals surface area contributed by atoms with Crippen molar-refractivity contribution in [1.29, 1.82) is 0 Å². The normalized spacial score (nSPS) is 14.6. The van der Waals surface area contributed by atoms with Crippen molar-refractivity contribution in [3.8, 4) is 22.9 Å². The molecule has 0 amide bonds. The van der Waals surface area contributed by atoms with Crippen LogP contribution in [-0.4, -0.2) is 54.0 Å². The van der Waals surface area contributed by atoms with Crippen LogP contribution in [0.25, 0.3) is 11.3 Å². The minimum absolute atomic E-state index is 0.0807. The Bertz CT molecular complexity index is 1200. The largest absolute Gasteiger partial charge is 0.494 e. The van der Waals surface area contributed by atoms with E-state index in [1.807, 2.05) is 30.3 Å². The molecule has 1 aliphatic heterocycles. The van der Waals surface area contributed by atoms with Crippen LogP contribution in [0.3, 0.4) is 0 Å². The Hall–Kier alpha value is -3.03. The standard InChI is InChI=1S/C29H34N2O4S/c1-19-13-23(34-12-6-11-31(3)4)14-20(2)29(19)25-7-5-8-27(30-25)35-17-21-9-10-24-22(16-28(32)33)18-36-26(24)15-21/h5,7-10,13-15,22H,6,11-12,16-18H2,1-4H3,(H,32,33). The first-order chi connectivity index (χ1) is 17.3. The highest BCUT2D eigenvalue weighted by Crippen LogP contribution is 2.41. The minimum atomic E-state index is -0.750. The fourth-order valence-corrected chi connectivity index (χ4v) is 5.88. The SMILES string of the molecule is Cc1cc(OCCCN(C)C)cc(C)c1-c1cccc(OCc2ccc3c(c2)SCC3CC(=O)O)n1. The van der Waals surface area contributed by atoms with E-state index in [9.17, 15) is 4.79 Å². The van der Waals surface area contributed by atoms with Gasteiger partial charge in [0.1, 0.15) is 12.4 Å². The number of nitrogens with zero attached hydrogens (tertiary/aromatic N) is 2. The topological polar surface area (TPSA) is 71.9 Å². The van der Waals surface area contributed by atoms with Crippen LogP contribution >= 0.6 is 11.8 Å². The molecule has 36 heavy (non-hydrogen) atoms. The first kappa shape index (κ1) is 26.0. The quantitative estimate of drug-likeness (QED) is 0.323. The van der Waals surface area contributed by atoms with Gasteiger partial charge in [0.2, 0.25) is 5.88 Å². The lowest BCUT2D eigenvalue weighted by molar-refractivity contribution is -0.137. The Morgan fingerprint density at radius 3 is 2.61 bits per heavy atom. The molecule has 1 aromatic heterocycles. The number of hydrogen-bond acceptors (Lipinski definition) is 6. The van der Waals surface area contributed by atoms with Crippen molar-refractivity contribution in [3.05, 3.63) is 70.8 Å². The molecule has 190 valence electrons. The third kappa shape index (κ3) is 6.59. The summed E-state index contributed by atoms with van der Waals surface area (Å²) in [7, 11) is 4.13.